The largest absolute Gasteiger partial charge is 0.351 e. The highest BCUT2D eigenvalue weighted by Gasteiger charge is 2.31. The van der Waals surface area contributed by atoms with Crippen molar-refractivity contribution in [2.24, 2.45) is 0 Å². The van der Waals surface area contributed by atoms with E-state index in [9.17, 15) is 4.79 Å². The van der Waals surface area contributed by atoms with Crippen LogP contribution in [0.4, 0.5) is 0 Å². The summed E-state index contributed by atoms with van der Waals surface area (Å²) in [6.07, 6.45) is 5.76. The zero-order valence-electron chi connectivity index (χ0n) is 15.1. The number of carbonyl (C=O) groups is 1. The van der Waals surface area contributed by atoms with Crippen molar-refractivity contribution in [3.05, 3.63) is 60.4 Å². The summed E-state index contributed by atoms with van der Waals surface area (Å²) < 4.78 is 2.17. The van der Waals surface area contributed by atoms with Gasteiger partial charge in [-0.25, -0.2) is 0 Å². The van der Waals surface area contributed by atoms with Gasteiger partial charge in [0.05, 0.1) is 5.25 Å². The maximum atomic E-state index is 12.5. The molecule has 0 bridgehead atoms. The second-order valence-electron chi connectivity index (χ2n) is 6.61. The molecule has 1 saturated carbocycles. The molecule has 1 fully saturated rings. The summed E-state index contributed by atoms with van der Waals surface area (Å²) in [5.74, 6) is 0.846. The lowest BCUT2D eigenvalue weighted by Crippen LogP contribution is -2.30. The van der Waals surface area contributed by atoms with Crippen molar-refractivity contribution in [3.63, 3.8) is 0 Å². The molecule has 1 amide bonds. The van der Waals surface area contributed by atoms with Gasteiger partial charge in [-0.05, 0) is 37.5 Å². The highest BCUT2D eigenvalue weighted by molar-refractivity contribution is 8.00. The summed E-state index contributed by atoms with van der Waals surface area (Å²) in [6.45, 7) is 2.44. The molecule has 2 heterocycles. The Balaban J connectivity index is 1.46. The van der Waals surface area contributed by atoms with Gasteiger partial charge in [-0.15, -0.1) is 10.2 Å². The molecule has 1 aromatic carbocycles. The third kappa shape index (κ3) is 4.19. The summed E-state index contributed by atoms with van der Waals surface area (Å²) in [4.78, 5) is 16.6. The average Bonchev–Trinajstić information content (AvgIpc) is 3.47. The van der Waals surface area contributed by atoms with E-state index in [0.717, 1.165) is 34.9 Å². The number of pyridine rings is 1. The molecule has 138 valence electrons. The summed E-state index contributed by atoms with van der Waals surface area (Å²) in [7, 11) is 0. The third-order valence-electron chi connectivity index (χ3n) is 4.48. The Labute approximate surface area is 162 Å². The minimum absolute atomic E-state index is 0.000314. The van der Waals surface area contributed by atoms with Gasteiger partial charge in [-0.1, -0.05) is 42.1 Å². The van der Waals surface area contributed by atoms with E-state index in [1.165, 1.54) is 11.8 Å². The topological polar surface area (TPSA) is 72.7 Å². The van der Waals surface area contributed by atoms with E-state index in [0.29, 0.717) is 12.6 Å². The van der Waals surface area contributed by atoms with E-state index in [2.05, 4.69) is 25.1 Å². The van der Waals surface area contributed by atoms with Crippen LogP contribution in [0.5, 0.6) is 0 Å². The molecule has 7 heteroatoms. The average molecular weight is 379 g/mol. The van der Waals surface area contributed by atoms with Gasteiger partial charge in [0.2, 0.25) is 5.91 Å². The zero-order valence-corrected chi connectivity index (χ0v) is 15.9. The molecule has 0 spiro atoms. The number of nitrogens with one attached hydrogen (secondary N) is 1. The number of amides is 1. The van der Waals surface area contributed by atoms with Crippen molar-refractivity contribution in [2.75, 3.05) is 0 Å². The Morgan fingerprint density at radius 2 is 1.93 bits per heavy atom. The number of thioether (sulfide) groups is 1. The van der Waals surface area contributed by atoms with Crippen LogP contribution in [-0.4, -0.2) is 30.9 Å². The predicted molar refractivity (Wildman–Crippen MR) is 105 cm³/mol. The summed E-state index contributed by atoms with van der Waals surface area (Å²) in [5, 5.41) is 12.3. The van der Waals surface area contributed by atoms with Gasteiger partial charge in [0.15, 0.2) is 11.0 Å². The first kappa shape index (κ1) is 17.7. The van der Waals surface area contributed by atoms with E-state index in [1.54, 1.807) is 12.4 Å². The van der Waals surface area contributed by atoms with Crippen molar-refractivity contribution >= 4 is 17.7 Å². The lowest BCUT2D eigenvalue weighted by molar-refractivity contribution is -0.120. The highest BCUT2D eigenvalue weighted by Crippen LogP contribution is 2.41. The highest BCUT2D eigenvalue weighted by atomic mass is 32.2. The van der Waals surface area contributed by atoms with Crippen LogP contribution in [-0.2, 0) is 11.3 Å². The monoisotopic (exact) mass is 379 g/mol. The van der Waals surface area contributed by atoms with E-state index >= 15 is 0 Å². The van der Waals surface area contributed by atoms with Crippen LogP contribution in [0.1, 0.15) is 31.4 Å². The SMILES string of the molecule is CC(Sc1nnc(-c2ccncc2)n1C1CC1)C(=O)NCc1ccccc1. The van der Waals surface area contributed by atoms with Crippen molar-refractivity contribution in [3.8, 4) is 11.4 Å². The van der Waals surface area contributed by atoms with Crippen LogP contribution in [0, 0.1) is 0 Å². The standard InChI is InChI=1S/C20H21N5OS/c1-14(19(26)22-13-15-5-3-2-4-6-15)27-20-24-23-18(25(20)17-7-8-17)16-9-11-21-12-10-16/h2-6,9-12,14,17H,7-8,13H2,1H3,(H,22,26). The fraction of sp³-hybridized carbons (Fsp3) is 0.300. The molecule has 0 aliphatic heterocycles. The molecule has 1 N–H and O–H groups in total. The smallest absolute Gasteiger partial charge is 0.233 e. The number of hydrogen-bond donors (Lipinski definition) is 1. The molecule has 27 heavy (non-hydrogen) atoms. The first-order valence-corrected chi connectivity index (χ1v) is 9.94. The first-order chi connectivity index (χ1) is 13.2. The molecule has 1 atom stereocenters. The second kappa shape index (κ2) is 7.92. The predicted octanol–water partition coefficient (Wildman–Crippen LogP) is 3.47. The van der Waals surface area contributed by atoms with Gasteiger partial charge in [0.25, 0.3) is 0 Å². The van der Waals surface area contributed by atoms with Gasteiger partial charge in [0, 0.05) is 30.5 Å². The number of aromatic nitrogens is 4. The fourth-order valence-electron chi connectivity index (χ4n) is 2.86. The summed E-state index contributed by atoms with van der Waals surface area (Å²) in [6, 6.07) is 14.2. The van der Waals surface area contributed by atoms with Crippen molar-refractivity contribution in [1.82, 2.24) is 25.1 Å². The molecule has 6 nitrogen and oxygen atoms in total. The molecule has 3 aromatic rings. The molecule has 0 saturated heterocycles. The number of rotatable bonds is 7. The van der Waals surface area contributed by atoms with Gasteiger partial charge < -0.3 is 5.32 Å². The van der Waals surface area contributed by atoms with Gasteiger partial charge >= 0.3 is 0 Å². The van der Waals surface area contributed by atoms with Crippen molar-refractivity contribution in [1.29, 1.82) is 0 Å². The number of nitrogens with zero attached hydrogens (tertiary/aromatic N) is 4. The van der Waals surface area contributed by atoms with Crippen LogP contribution >= 0.6 is 11.8 Å². The van der Waals surface area contributed by atoms with Gasteiger partial charge in [-0.3, -0.25) is 14.3 Å². The number of carbonyl (C=O) groups excluding carboxylic acids is 1. The Kier molecular flexibility index (Phi) is 5.20. The molecule has 0 radical (unpaired) electrons. The Morgan fingerprint density at radius 1 is 1.19 bits per heavy atom. The lowest BCUT2D eigenvalue weighted by Gasteiger charge is -2.13. The van der Waals surface area contributed by atoms with Crippen LogP contribution in [0.2, 0.25) is 0 Å². The van der Waals surface area contributed by atoms with E-state index in [1.807, 2.05) is 49.4 Å². The minimum atomic E-state index is -0.249. The lowest BCUT2D eigenvalue weighted by atomic mass is 10.2. The van der Waals surface area contributed by atoms with Crippen LogP contribution < -0.4 is 5.32 Å². The molecule has 1 unspecified atom stereocenters. The quantitative estimate of drug-likeness (QED) is 0.637. The van der Waals surface area contributed by atoms with Gasteiger partial charge in [0.1, 0.15) is 0 Å². The molecular formula is C20H21N5OS. The second-order valence-corrected chi connectivity index (χ2v) is 7.91. The van der Waals surface area contributed by atoms with Crippen LogP contribution in [0.3, 0.4) is 0 Å². The zero-order chi connectivity index (χ0) is 18.6. The third-order valence-corrected chi connectivity index (χ3v) is 5.53. The molecule has 2 aromatic heterocycles. The summed E-state index contributed by atoms with van der Waals surface area (Å²) in [5.41, 5.74) is 2.08. The maximum Gasteiger partial charge on any atom is 0.233 e. The van der Waals surface area contributed by atoms with Crippen molar-refractivity contribution in [2.45, 2.75) is 42.8 Å². The molecule has 1 aliphatic rings. The maximum absolute atomic E-state index is 12.5. The Bertz CT molecular complexity index is 909. The normalized spacial score (nSPS) is 14.7. The first-order valence-electron chi connectivity index (χ1n) is 9.06. The van der Waals surface area contributed by atoms with E-state index < -0.39 is 0 Å². The van der Waals surface area contributed by atoms with Crippen molar-refractivity contribution < 1.29 is 4.79 Å². The van der Waals surface area contributed by atoms with Gasteiger partial charge in [-0.2, -0.15) is 0 Å². The molecular weight excluding hydrogens is 358 g/mol. The molecule has 4 rings (SSSR count). The Morgan fingerprint density at radius 3 is 2.63 bits per heavy atom. The van der Waals surface area contributed by atoms with E-state index in [4.69, 9.17) is 0 Å². The number of benzene rings is 1. The minimum Gasteiger partial charge on any atom is -0.351 e. The molecule has 1 aliphatic carbocycles. The van der Waals surface area contributed by atoms with E-state index in [-0.39, 0.29) is 11.2 Å². The fourth-order valence-corrected chi connectivity index (χ4v) is 3.80. The number of hydrogen-bond acceptors (Lipinski definition) is 5. The Hall–Kier alpha value is -2.67. The summed E-state index contributed by atoms with van der Waals surface area (Å²) >= 11 is 1.46. The van der Waals surface area contributed by atoms with Crippen LogP contribution in [0.15, 0.2) is 60.0 Å². The van der Waals surface area contributed by atoms with Crippen LogP contribution in [0.25, 0.3) is 11.4 Å².